The molecule has 1 saturated heterocycles. The summed E-state index contributed by atoms with van der Waals surface area (Å²) in [6, 6.07) is 0.788. The number of H-pyrrole nitrogens is 1. The van der Waals surface area contributed by atoms with E-state index in [2.05, 4.69) is 39.5 Å². The highest BCUT2D eigenvalue weighted by molar-refractivity contribution is 5.96. The SMILES string of the molecule is CC(C)N1CCC(NC(=O)CCC(=O)c2c[nH]nn2)CC1. The van der Waals surface area contributed by atoms with Crippen molar-refractivity contribution in [2.45, 2.75) is 51.6 Å². The monoisotopic (exact) mass is 293 g/mol. The van der Waals surface area contributed by atoms with Gasteiger partial charge in [-0.15, -0.1) is 5.10 Å². The molecule has 0 saturated carbocycles. The number of rotatable bonds is 6. The number of aromatic nitrogens is 3. The first-order valence-corrected chi connectivity index (χ1v) is 7.49. The van der Waals surface area contributed by atoms with Crippen molar-refractivity contribution in [3.8, 4) is 0 Å². The zero-order valence-corrected chi connectivity index (χ0v) is 12.6. The first-order valence-electron chi connectivity index (χ1n) is 7.49. The van der Waals surface area contributed by atoms with Crippen molar-refractivity contribution in [1.29, 1.82) is 0 Å². The number of likely N-dealkylation sites (tertiary alicyclic amines) is 1. The van der Waals surface area contributed by atoms with E-state index in [-0.39, 0.29) is 36.3 Å². The maximum absolute atomic E-state index is 11.9. The van der Waals surface area contributed by atoms with Crippen LogP contribution in [0.5, 0.6) is 0 Å². The number of hydrogen-bond acceptors (Lipinski definition) is 5. The number of amides is 1. The van der Waals surface area contributed by atoms with Crippen LogP contribution in [0.1, 0.15) is 50.0 Å². The zero-order valence-electron chi connectivity index (χ0n) is 12.6. The molecule has 1 amide bonds. The van der Waals surface area contributed by atoms with Crippen molar-refractivity contribution in [2.75, 3.05) is 13.1 Å². The van der Waals surface area contributed by atoms with Gasteiger partial charge in [0.25, 0.3) is 0 Å². The van der Waals surface area contributed by atoms with Gasteiger partial charge >= 0.3 is 0 Å². The van der Waals surface area contributed by atoms with Gasteiger partial charge in [-0.25, -0.2) is 0 Å². The highest BCUT2D eigenvalue weighted by atomic mass is 16.2. The van der Waals surface area contributed by atoms with Crippen molar-refractivity contribution >= 4 is 11.7 Å². The number of carbonyl (C=O) groups excluding carboxylic acids is 2. The van der Waals surface area contributed by atoms with Gasteiger partial charge in [0.2, 0.25) is 5.91 Å². The van der Waals surface area contributed by atoms with Crippen LogP contribution < -0.4 is 5.32 Å². The third kappa shape index (κ3) is 4.63. The fourth-order valence-electron chi connectivity index (χ4n) is 2.55. The summed E-state index contributed by atoms with van der Waals surface area (Å²) in [7, 11) is 0. The van der Waals surface area contributed by atoms with Crippen molar-refractivity contribution in [2.24, 2.45) is 0 Å². The minimum Gasteiger partial charge on any atom is -0.353 e. The van der Waals surface area contributed by atoms with E-state index in [1.807, 2.05) is 0 Å². The molecule has 21 heavy (non-hydrogen) atoms. The summed E-state index contributed by atoms with van der Waals surface area (Å²) in [6.45, 7) is 6.41. The molecule has 1 aromatic heterocycles. The van der Waals surface area contributed by atoms with Crippen molar-refractivity contribution in [3.05, 3.63) is 11.9 Å². The minimum absolute atomic E-state index is 0.0603. The van der Waals surface area contributed by atoms with Crippen LogP contribution in [0, 0.1) is 0 Å². The van der Waals surface area contributed by atoms with Gasteiger partial charge in [-0.1, -0.05) is 5.21 Å². The van der Waals surface area contributed by atoms with Gasteiger partial charge in [0.15, 0.2) is 5.78 Å². The number of aromatic amines is 1. The lowest BCUT2D eigenvalue weighted by Gasteiger charge is -2.34. The Kier molecular flexibility index (Phi) is 5.44. The first-order chi connectivity index (χ1) is 10.1. The lowest BCUT2D eigenvalue weighted by Crippen LogP contribution is -2.46. The van der Waals surface area contributed by atoms with Gasteiger partial charge in [-0.2, -0.15) is 0 Å². The Bertz CT molecular complexity index is 464. The number of nitrogens with zero attached hydrogens (tertiary/aromatic N) is 3. The van der Waals surface area contributed by atoms with Crippen LogP contribution in [0.2, 0.25) is 0 Å². The van der Waals surface area contributed by atoms with Crippen molar-refractivity contribution < 1.29 is 9.59 Å². The van der Waals surface area contributed by atoms with Gasteiger partial charge in [-0.05, 0) is 26.7 Å². The van der Waals surface area contributed by atoms with Gasteiger partial charge in [0.05, 0.1) is 6.20 Å². The fourth-order valence-corrected chi connectivity index (χ4v) is 2.55. The number of nitrogens with one attached hydrogen (secondary N) is 2. The topological polar surface area (TPSA) is 91.0 Å². The quantitative estimate of drug-likeness (QED) is 0.756. The molecular weight excluding hydrogens is 270 g/mol. The molecule has 0 atom stereocenters. The van der Waals surface area contributed by atoms with Crippen LogP contribution in [0.4, 0.5) is 0 Å². The average Bonchev–Trinajstić information content (AvgIpc) is 2.99. The zero-order chi connectivity index (χ0) is 15.2. The molecule has 1 aromatic rings. The normalized spacial score (nSPS) is 17.1. The van der Waals surface area contributed by atoms with E-state index in [1.165, 1.54) is 6.20 Å². The Hall–Kier alpha value is -1.76. The summed E-state index contributed by atoms with van der Waals surface area (Å²) in [4.78, 5) is 26.0. The second-order valence-corrected chi connectivity index (χ2v) is 5.75. The van der Waals surface area contributed by atoms with Crippen LogP contribution in [0.25, 0.3) is 0 Å². The molecule has 0 spiro atoms. The summed E-state index contributed by atoms with van der Waals surface area (Å²) in [5.74, 6) is -0.219. The third-order valence-corrected chi connectivity index (χ3v) is 3.91. The molecule has 7 nitrogen and oxygen atoms in total. The first kappa shape index (κ1) is 15.6. The third-order valence-electron chi connectivity index (χ3n) is 3.91. The van der Waals surface area contributed by atoms with Crippen molar-refractivity contribution in [1.82, 2.24) is 25.6 Å². The van der Waals surface area contributed by atoms with Gasteiger partial charge in [0, 0.05) is 38.0 Å². The largest absolute Gasteiger partial charge is 0.353 e. The molecule has 2 N–H and O–H groups in total. The minimum atomic E-state index is -0.159. The molecule has 0 aromatic carbocycles. The summed E-state index contributed by atoms with van der Waals surface area (Å²) in [6.07, 6.45) is 3.77. The van der Waals surface area contributed by atoms with Crippen LogP contribution in [0.3, 0.4) is 0 Å². The summed E-state index contributed by atoms with van der Waals surface area (Å²) >= 11 is 0. The Morgan fingerprint density at radius 1 is 1.38 bits per heavy atom. The number of Topliss-reactive ketones (excluding diaryl/α,β-unsaturated/α-hetero) is 1. The predicted octanol–water partition coefficient (Wildman–Crippen LogP) is 0.757. The lowest BCUT2D eigenvalue weighted by atomic mass is 10.0. The molecule has 0 aliphatic carbocycles. The maximum Gasteiger partial charge on any atom is 0.220 e. The molecule has 2 heterocycles. The highest BCUT2D eigenvalue weighted by Crippen LogP contribution is 2.13. The van der Waals surface area contributed by atoms with Gasteiger partial charge in [0.1, 0.15) is 5.69 Å². The second-order valence-electron chi connectivity index (χ2n) is 5.75. The van der Waals surface area contributed by atoms with E-state index in [9.17, 15) is 9.59 Å². The lowest BCUT2D eigenvalue weighted by molar-refractivity contribution is -0.122. The van der Waals surface area contributed by atoms with E-state index in [0.29, 0.717) is 6.04 Å². The molecule has 1 fully saturated rings. The molecule has 0 radical (unpaired) electrons. The smallest absolute Gasteiger partial charge is 0.220 e. The molecular formula is C14H23N5O2. The van der Waals surface area contributed by atoms with E-state index >= 15 is 0 Å². The molecule has 0 bridgehead atoms. The van der Waals surface area contributed by atoms with Crippen LogP contribution in [-0.2, 0) is 4.79 Å². The Morgan fingerprint density at radius 3 is 2.67 bits per heavy atom. The van der Waals surface area contributed by atoms with Crippen LogP contribution >= 0.6 is 0 Å². The van der Waals surface area contributed by atoms with E-state index in [1.54, 1.807) is 0 Å². The van der Waals surface area contributed by atoms with E-state index < -0.39 is 0 Å². The standard InChI is InChI=1S/C14H23N5O2/c1-10(2)19-7-5-11(6-8-19)16-14(21)4-3-13(20)12-9-15-18-17-12/h9-11H,3-8H2,1-2H3,(H,16,21)(H,15,17,18). The Balaban J connectivity index is 1.67. The molecule has 7 heteroatoms. The van der Waals surface area contributed by atoms with E-state index in [4.69, 9.17) is 0 Å². The molecule has 0 unspecified atom stereocenters. The second kappa shape index (κ2) is 7.31. The van der Waals surface area contributed by atoms with Crippen LogP contribution in [0.15, 0.2) is 6.20 Å². The predicted molar refractivity (Wildman–Crippen MR) is 77.8 cm³/mol. The number of ketones is 1. The number of hydrogen-bond donors (Lipinski definition) is 2. The Morgan fingerprint density at radius 2 is 2.10 bits per heavy atom. The molecule has 1 aliphatic heterocycles. The number of piperidine rings is 1. The summed E-state index contributed by atoms with van der Waals surface area (Å²) in [5, 5.41) is 12.6. The van der Waals surface area contributed by atoms with Crippen molar-refractivity contribution in [3.63, 3.8) is 0 Å². The summed E-state index contributed by atoms with van der Waals surface area (Å²) < 4.78 is 0. The number of carbonyl (C=O) groups is 2. The average molecular weight is 293 g/mol. The summed E-state index contributed by atoms with van der Waals surface area (Å²) in [5.41, 5.74) is 0.285. The highest BCUT2D eigenvalue weighted by Gasteiger charge is 2.22. The van der Waals surface area contributed by atoms with Gasteiger partial charge in [-0.3, -0.25) is 14.7 Å². The van der Waals surface area contributed by atoms with Crippen LogP contribution in [-0.4, -0.2) is 57.2 Å². The Labute approximate surface area is 124 Å². The fraction of sp³-hybridized carbons (Fsp3) is 0.714. The molecule has 1 aliphatic rings. The van der Waals surface area contributed by atoms with Gasteiger partial charge < -0.3 is 10.2 Å². The molecule has 2 rings (SSSR count). The van der Waals surface area contributed by atoms with E-state index in [0.717, 1.165) is 25.9 Å². The molecule has 116 valence electrons. The maximum atomic E-state index is 11.9.